The molecule has 14 heavy (non-hydrogen) atoms. The van der Waals surface area contributed by atoms with Gasteiger partial charge in [0.05, 0.1) is 4.92 Å². The summed E-state index contributed by atoms with van der Waals surface area (Å²) in [5.74, 6) is 0. The van der Waals surface area contributed by atoms with E-state index in [4.69, 9.17) is 0 Å². The van der Waals surface area contributed by atoms with Crippen molar-refractivity contribution in [3.63, 3.8) is 0 Å². The van der Waals surface area contributed by atoms with Crippen molar-refractivity contribution in [2.24, 2.45) is 0 Å². The van der Waals surface area contributed by atoms with Crippen molar-refractivity contribution in [2.75, 3.05) is 0 Å². The first-order valence-corrected chi connectivity index (χ1v) is 4.16. The van der Waals surface area contributed by atoms with Gasteiger partial charge < -0.3 is 0 Å². The highest BCUT2D eigenvalue weighted by molar-refractivity contribution is 5.35. The topological polar surface area (TPSA) is 43.1 Å². The Hall–Kier alpha value is -1.38. The lowest BCUT2D eigenvalue weighted by atomic mass is 9.87. The van der Waals surface area contributed by atoms with Crippen molar-refractivity contribution in [1.82, 2.24) is 0 Å². The molecule has 0 atom stereocenters. The molecule has 0 aliphatic carbocycles. The number of nitro groups is 1. The summed E-state index contributed by atoms with van der Waals surface area (Å²) in [6.45, 7) is 6.23. The van der Waals surface area contributed by atoms with Crippen LogP contribution in [0, 0.1) is 10.1 Å². The Morgan fingerprint density at radius 3 is 1.86 bits per heavy atom. The van der Waals surface area contributed by atoms with Gasteiger partial charge in [-0.15, -0.1) is 0 Å². The average Bonchev–Trinajstić information content (AvgIpc) is 2.03. The van der Waals surface area contributed by atoms with Crippen LogP contribution in [0.1, 0.15) is 33.8 Å². The van der Waals surface area contributed by atoms with E-state index in [1.807, 2.05) is 0 Å². The van der Waals surface area contributed by atoms with Crippen LogP contribution in [0.2, 0.25) is 0 Å². The van der Waals surface area contributed by atoms with Crippen LogP contribution in [-0.4, -0.2) is 4.92 Å². The molecule has 0 aliphatic rings. The normalized spacial score (nSPS) is 10.5. The van der Waals surface area contributed by atoms with Gasteiger partial charge in [0.25, 0.3) is 5.69 Å². The maximum absolute atomic E-state index is 10.4. The zero-order valence-corrected chi connectivity index (χ0v) is 8.07. The minimum atomic E-state index is -0.383. The standard InChI is InChI=1S/C10H13NO2.CH4/c1-10(2,3)8-4-6-9(7-5-8)11(12)13;/h4-7H,1-3H3;1H4. The third-order valence-corrected chi connectivity index (χ3v) is 1.94. The molecule has 1 rings (SSSR count). The van der Waals surface area contributed by atoms with E-state index in [-0.39, 0.29) is 23.5 Å². The molecule has 0 bridgehead atoms. The molecule has 0 amide bonds. The van der Waals surface area contributed by atoms with Gasteiger partial charge in [-0.05, 0) is 11.0 Å². The Kier molecular flexibility index (Phi) is 3.81. The van der Waals surface area contributed by atoms with Crippen LogP contribution in [0.4, 0.5) is 5.69 Å². The van der Waals surface area contributed by atoms with Crippen molar-refractivity contribution in [3.8, 4) is 0 Å². The van der Waals surface area contributed by atoms with Crippen molar-refractivity contribution in [1.29, 1.82) is 0 Å². The van der Waals surface area contributed by atoms with Gasteiger partial charge in [0.1, 0.15) is 0 Å². The Balaban J connectivity index is 0.00000169. The van der Waals surface area contributed by atoms with E-state index in [0.717, 1.165) is 5.56 Å². The highest BCUT2D eigenvalue weighted by Gasteiger charge is 2.14. The van der Waals surface area contributed by atoms with E-state index in [9.17, 15) is 10.1 Å². The molecule has 0 unspecified atom stereocenters. The lowest BCUT2D eigenvalue weighted by molar-refractivity contribution is -0.384. The lowest BCUT2D eigenvalue weighted by Crippen LogP contribution is -2.10. The number of nitro benzene ring substituents is 1. The van der Waals surface area contributed by atoms with Crippen molar-refractivity contribution in [2.45, 2.75) is 33.6 Å². The number of benzene rings is 1. The first kappa shape index (κ1) is 12.6. The Morgan fingerprint density at radius 1 is 1.14 bits per heavy atom. The lowest BCUT2D eigenvalue weighted by Gasteiger charge is -2.18. The van der Waals surface area contributed by atoms with Crippen LogP contribution in [0.5, 0.6) is 0 Å². The smallest absolute Gasteiger partial charge is 0.258 e. The van der Waals surface area contributed by atoms with Gasteiger partial charge in [0, 0.05) is 12.1 Å². The van der Waals surface area contributed by atoms with Gasteiger partial charge in [-0.2, -0.15) is 0 Å². The van der Waals surface area contributed by atoms with Crippen molar-refractivity contribution >= 4 is 5.69 Å². The second-order valence-corrected chi connectivity index (χ2v) is 4.05. The van der Waals surface area contributed by atoms with E-state index >= 15 is 0 Å². The summed E-state index contributed by atoms with van der Waals surface area (Å²) in [4.78, 5) is 9.98. The fraction of sp³-hybridized carbons (Fsp3) is 0.455. The summed E-state index contributed by atoms with van der Waals surface area (Å²) in [5.41, 5.74) is 1.31. The molecule has 1 aromatic carbocycles. The second-order valence-electron chi connectivity index (χ2n) is 4.05. The molecule has 0 saturated carbocycles. The number of hydrogen-bond donors (Lipinski definition) is 0. The molecule has 78 valence electrons. The number of rotatable bonds is 1. The molecule has 3 heteroatoms. The molecular weight excluding hydrogens is 178 g/mol. The fourth-order valence-corrected chi connectivity index (χ4v) is 1.08. The van der Waals surface area contributed by atoms with Gasteiger partial charge in [0.2, 0.25) is 0 Å². The molecule has 0 aromatic heterocycles. The van der Waals surface area contributed by atoms with E-state index in [1.54, 1.807) is 24.3 Å². The molecule has 1 aromatic rings. The molecular formula is C11H17NO2. The first-order chi connectivity index (χ1) is 5.91. The van der Waals surface area contributed by atoms with Crippen LogP contribution in [0.25, 0.3) is 0 Å². The minimum Gasteiger partial charge on any atom is -0.258 e. The summed E-state index contributed by atoms with van der Waals surface area (Å²) in [5, 5.41) is 10.4. The van der Waals surface area contributed by atoms with E-state index in [0.29, 0.717) is 0 Å². The number of non-ortho nitro benzene ring substituents is 1. The average molecular weight is 195 g/mol. The van der Waals surface area contributed by atoms with Gasteiger partial charge in [-0.25, -0.2) is 0 Å². The number of hydrogen-bond acceptors (Lipinski definition) is 2. The molecule has 0 radical (unpaired) electrons. The van der Waals surface area contributed by atoms with Crippen molar-refractivity contribution in [3.05, 3.63) is 39.9 Å². The molecule has 0 fully saturated rings. The molecule has 0 heterocycles. The third-order valence-electron chi connectivity index (χ3n) is 1.94. The van der Waals surface area contributed by atoms with E-state index in [1.165, 1.54) is 0 Å². The largest absolute Gasteiger partial charge is 0.269 e. The highest BCUT2D eigenvalue weighted by atomic mass is 16.6. The zero-order valence-electron chi connectivity index (χ0n) is 8.07. The number of nitrogens with zero attached hydrogens (tertiary/aromatic N) is 1. The summed E-state index contributed by atoms with van der Waals surface area (Å²) in [6, 6.07) is 6.69. The Bertz CT molecular complexity index is 309. The Morgan fingerprint density at radius 2 is 1.57 bits per heavy atom. The van der Waals surface area contributed by atoms with Gasteiger partial charge in [-0.1, -0.05) is 40.3 Å². The Labute approximate surface area is 84.9 Å². The quantitative estimate of drug-likeness (QED) is 0.508. The van der Waals surface area contributed by atoms with E-state index in [2.05, 4.69) is 20.8 Å². The minimum absolute atomic E-state index is 0. The maximum atomic E-state index is 10.4. The first-order valence-electron chi connectivity index (χ1n) is 4.16. The summed E-state index contributed by atoms with van der Waals surface area (Å²) in [7, 11) is 0. The summed E-state index contributed by atoms with van der Waals surface area (Å²) in [6.07, 6.45) is 0. The summed E-state index contributed by atoms with van der Waals surface area (Å²) < 4.78 is 0. The predicted octanol–water partition coefficient (Wildman–Crippen LogP) is 3.53. The maximum Gasteiger partial charge on any atom is 0.269 e. The van der Waals surface area contributed by atoms with Gasteiger partial charge in [0.15, 0.2) is 0 Å². The highest BCUT2D eigenvalue weighted by Crippen LogP contribution is 2.23. The van der Waals surface area contributed by atoms with Crippen LogP contribution < -0.4 is 0 Å². The summed E-state index contributed by atoms with van der Waals surface area (Å²) >= 11 is 0. The van der Waals surface area contributed by atoms with Gasteiger partial charge >= 0.3 is 0 Å². The van der Waals surface area contributed by atoms with Crippen LogP contribution >= 0.6 is 0 Å². The van der Waals surface area contributed by atoms with E-state index < -0.39 is 0 Å². The molecule has 0 saturated heterocycles. The molecule has 3 nitrogen and oxygen atoms in total. The third kappa shape index (κ3) is 2.83. The predicted molar refractivity (Wildman–Crippen MR) is 58.5 cm³/mol. The zero-order chi connectivity index (χ0) is 10.1. The molecule has 0 spiro atoms. The second kappa shape index (κ2) is 4.22. The van der Waals surface area contributed by atoms with Crippen molar-refractivity contribution < 1.29 is 4.92 Å². The van der Waals surface area contributed by atoms with Gasteiger partial charge in [-0.3, -0.25) is 10.1 Å². The molecule has 0 N–H and O–H groups in total. The van der Waals surface area contributed by atoms with Crippen LogP contribution in [0.15, 0.2) is 24.3 Å². The fourth-order valence-electron chi connectivity index (χ4n) is 1.08. The molecule has 0 aliphatic heterocycles. The van der Waals surface area contributed by atoms with Crippen LogP contribution in [-0.2, 0) is 5.41 Å². The monoisotopic (exact) mass is 195 g/mol. The SMILES string of the molecule is C.CC(C)(C)c1ccc([N+](=O)[O-])cc1. The van der Waals surface area contributed by atoms with Crippen LogP contribution in [0.3, 0.4) is 0 Å².